The number of pyridine rings is 1. The summed E-state index contributed by atoms with van der Waals surface area (Å²) in [4.78, 5) is 4.24. The topological polar surface area (TPSA) is 49.2 Å². The highest BCUT2D eigenvalue weighted by Gasteiger charge is 2.22. The standard InChI is InChI=1S/C24H29ClFN3O2Si/c1-32(2,3)13-12-30-16-29-21-15-27-23(25)14-19(21)24(28-29)17-8-10-18(11-9-17)31-22-7-5-4-6-20(22)26/h4-8,14-15,18H,9-13,16H2,1-3H3. The molecule has 0 N–H and O–H groups in total. The van der Waals surface area contributed by atoms with Crippen molar-refractivity contribution < 1.29 is 13.9 Å². The largest absolute Gasteiger partial charge is 0.487 e. The predicted octanol–water partition coefficient (Wildman–Crippen LogP) is 6.55. The lowest BCUT2D eigenvalue weighted by atomic mass is 9.94. The van der Waals surface area contributed by atoms with E-state index < -0.39 is 8.07 Å². The molecule has 1 aliphatic carbocycles. The first-order valence-electron chi connectivity index (χ1n) is 11.0. The van der Waals surface area contributed by atoms with Crippen LogP contribution in [0.2, 0.25) is 30.8 Å². The Hall–Kier alpha value is -2.22. The molecule has 8 heteroatoms. The van der Waals surface area contributed by atoms with Crippen LogP contribution in [0.3, 0.4) is 0 Å². The minimum atomic E-state index is -1.15. The molecule has 0 radical (unpaired) electrons. The number of hydrogen-bond donors (Lipinski definition) is 0. The number of para-hydroxylation sites is 1. The molecule has 1 unspecified atom stereocenters. The van der Waals surface area contributed by atoms with Gasteiger partial charge in [-0.3, -0.25) is 0 Å². The highest BCUT2D eigenvalue weighted by Crippen LogP contribution is 2.33. The Balaban J connectivity index is 1.50. The SMILES string of the molecule is C[Si](C)(C)CCOCn1nc(C2=CCC(Oc3ccccc3F)CC2)c2cc(Cl)ncc21. The zero-order valence-electron chi connectivity index (χ0n) is 18.8. The Morgan fingerprint density at radius 1 is 1.25 bits per heavy atom. The predicted molar refractivity (Wildman–Crippen MR) is 129 cm³/mol. The highest BCUT2D eigenvalue weighted by molar-refractivity contribution is 6.76. The van der Waals surface area contributed by atoms with Crippen LogP contribution in [-0.4, -0.2) is 35.5 Å². The molecule has 170 valence electrons. The summed E-state index contributed by atoms with van der Waals surface area (Å²) in [5.74, 6) is -0.0271. The minimum absolute atomic E-state index is 0.0563. The van der Waals surface area contributed by atoms with Crippen LogP contribution in [0.25, 0.3) is 16.5 Å². The molecule has 0 saturated carbocycles. The fraction of sp³-hybridized carbons (Fsp3) is 0.417. The van der Waals surface area contributed by atoms with Crippen molar-refractivity contribution in [3.63, 3.8) is 0 Å². The molecule has 2 heterocycles. The van der Waals surface area contributed by atoms with Crippen LogP contribution in [0.5, 0.6) is 5.75 Å². The lowest BCUT2D eigenvalue weighted by Gasteiger charge is -2.23. The van der Waals surface area contributed by atoms with Gasteiger partial charge in [-0.15, -0.1) is 0 Å². The molecule has 4 rings (SSSR count). The van der Waals surface area contributed by atoms with E-state index in [4.69, 9.17) is 26.2 Å². The molecular formula is C24H29ClFN3O2Si. The summed E-state index contributed by atoms with van der Waals surface area (Å²) in [6.45, 7) is 8.12. The number of allylic oxidation sites excluding steroid dienone is 1. The Kier molecular flexibility index (Phi) is 6.98. The molecule has 1 aromatic carbocycles. The second-order valence-corrected chi connectivity index (χ2v) is 15.4. The van der Waals surface area contributed by atoms with E-state index in [0.717, 1.165) is 47.7 Å². The molecule has 1 aliphatic rings. The van der Waals surface area contributed by atoms with Gasteiger partial charge in [0, 0.05) is 26.5 Å². The smallest absolute Gasteiger partial charge is 0.165 e. The second kappa shape index (κ2) is 9.73. The lowest BCUT2D eigenvalue weighted by Crippen LogP contribution is -2.22. The van der Waals surface area contributed by atoms with Gasteiger partial charge in [0.15, 0.2) is 11.6 Å². The summed E-state index contributed by atoms with van der Waals surface area (Å²) in [6.07, 6.45) is 6.12. The first-order valence-corrected chi connectivity index (χ1v) is 15.1. The van der Waals surface area contributed by atoms with Gasteiger partial charge in [0.2, 0.25) is 0 Å². The van der Waals surface area contributed by atoms with Gasteiger partial charge in [0.05, 0.1) is 17.4 Å². The maximum Gasteiger partial charge on any atom is 0.165 e. The van der Waals surface area contributed by atoms with Crippen LogP contribution < -0.4 is 4.74 Å². The number of ether oxygens (including phenoxy) is 2. The van der Waals surface area contributed by atoms with Gasteiger partial charge < -0.3 is 9.47 Å². The van der Waals surface area contributed by atoms with Gasteiger partial charge in [0.1, 0.15) is 18.0 Å². The molecule has 0 amide bonds. The van der Waals surface area contributed by atoms with Crippen molar-refractivity contribution in [1.29, 1.82) is 0 Å². The van der Waals surface area contributed by atoms with E-state index >= 15 is 0 Å². The molecule has 0 bridgehead atoms. The Labute approximate surface area is 194 Å². The average Bonchev–Trinajstić information content (AvgIpc) is 3.10. The number of nitrogens with zero attached hydrogens (tertiary/aromatic N) is 3. The number of fused-ring (bicyclic) bond motifs is 1. The molecule has 5 nitrogen and oxygen atoms in total. The quantitative estimate of drug-likeness (QED) is 0.211. The third-order valence-electron chi connectivity index (χ3n) is 5.61. The van der Waals surface area contributed by atoms with Crippen LogP contribution in [0.15, 0.2) is 42.6 Å². The minimum Gasteiger partial charge on any atom is -0.487 e. The lowest BCUT2D eigenvalue weighted by molar-refractivity contribution is 0.0815. The third-order valence-corrected chi connectivity index (χ3v) is 7.52. The van der Waals surface area contributed by atoms with Crippen molar-refractivity contribution in [1.82, 2.24) is 14.8 Å². The molecule has 0 aliphatic heterocycles. The molecule has 32 heavy (non-hydrogen) atoms. The highest BCUT2D eigenvalue weighted by atomic mass is 35.5. The summed E-state index contributed by atoms with van der Waals surface area (Å²) in [5.41, 5.74) is 2.96. The zero-order valence-corrected chi connectivity index (χ0v) is 20.5. The molecular weight excluding hydrogens is 445 g/mol. The Morgan fingerprint density at radius 3 is 2.78 bits per heavy atom. The Bertz CT molecular complexity index is 1130. The van der Waals surface area contributed by atoms with Crippen molar-refractivity contribution >= 4 is 36.2 Å². The van der Waals surface area contributed by atoms with E-state index in [-0.39, 0.29) is 11.9 Å². The zero-order chi connectivity index (χ0) is 22.7. The van der Waals surface area contributed by atoms with Gasteiger partial charge in [-0.1, -0.05) is 49.5 Å². The first kappa shape index (κ1) is 23.0. The van der Waals surface area contributed by atoms with Gasteiger partial charge in [0.25, 0.3) is 0 Å². The molecule has 3 aromatic rings. The summed E-state index contributed by atoms with van der Waals surface area (Å²) < 4.78 is 27.6. The Morgan fingerprint density at radius 2 is 2.06 bits per heavy atom. The maximum absolute atomic E-state index is 13.9. The molecule has 0 saturated heterocycles. The summed E-state index contributed by atoms with van der Waals surface area (Å²) >= 11 is 6.19. The van der Waals surface area contributed by atoms with E-state index in [1.165, 1.54) is 6.07 Å². The van der Waals surface area contributed by atoms with Gasteiger partial charge in [-0.2, -0.15) is 5.10 Å². The van der Waals surface area contributed by atoms with Crippen LogP contribution in [0.4, 0.5) is 4.39 Å². The average molecular weight is 474 g/mol. The molecule has 0 fully saturated rings. The van der Waals surface area contributed by atoms with Crippen LogP contribution >= 0.6 is 11.6 Å². The van der Waals surface area contributed by atoms with E-state index in [2.05, 4.69) is 30.7 Å². The number of benzene rings is 1. The monoisotopic (exact) mass is 473 g/mol. The molecule has 2 aromatic heterocycles. The number of aromatic nitrogens is 3. The van der Waals surface area contributed by atoms with E-state index in [1.807, 2.05) is 10.7 Å². The third kappa shape index (κ3) is 5.57. The molecule has 1 atom stereocenters. The van der Waals surface area contributed by atoms with Gasteiger partial charge in [-0.05, 0) is 42.7 Å². The van der Waals surface area contributed by atoms with Crippen molar-refractivity contribution in [3.8, 4) is 5.75 Å². The number of hydrogen-bond acceptors (Lipinski definition) is 4. The summed E-state index contributed by atoms with van der Waals surface area (Å²) in [6, 6.07) is 9.50. The van der Waals surface area contributed by atoms with Crippen LogP contribution in [0, 0.1) is 5.82 Å². The van der Waals surface area contributed by atoms with Crippen LogP contribution in [-0.2, 0) is 11.5 Å². The van der Waals surface area contributed by atoms with Crippen LogP contribution in [0.1, 0.15) is 25.0 Å². The first-order chi connectivity index (χ1) is 15.3. The fourth-order valence-electron chi connectivity index (χ4n) is 3.76. The second-order valence-electron chi connectivity index (χ2n) is 9.39. The van der Waals surface area contributed by atoms with Gasteiger partial charge >= 0.3 is 0 Å². The van der Waals surface area contributed by atoms with Crippen molar-refractivity contribution in [3.05, 3.63) is 59.3 Å². The van der Waals surface area contributed by atoms with E-state index in [1.54, 1.807) is 24.4 Å². The normalized spacial score (nSPS) is 16.9. The summed E-state index contributed by atoms with van der Waals surface area (Å²) in [7, 11) is -1.15. The fourth-order valence-corrected chi connectivity index (χ4v) is 4.68. The number of halogens is 2. The van der Waals surface area contributed by atoms with Crippen molar-refractivity contribution in [2.24, 2.45) is 0 Å². The molecule has 0 spiro atoms. The van der Waals surface area contributed by atoms with Gasteiger partial charge in [-0.25, -0.2) is 14.1 Å². The summed E-state index contributed by atoms with van der Waals surface area (Å²) in [5, 5.41) is 6.26. The number of rotatable bonds is 8. The maximum atomic E-state index is 13.9. The van der Waals surface area contributed by atoms with E-state index in [9.17, 15) is 4.39 Å². The van der Waals surface area contributed by atoms with Crippen molar-refractivity contribution in [2.75, 3.05) is 6.61 Å². The van der Waals surface area contributed by atoms with E-state index in [0.29, 0.717) is 24.1 Å². The van der Waals surface area contributed by atoms with Crippen molar-refractivity contribution in [2.45, 2.75) is 57.8 Å².